The molecule has 0 aliphatic heterocycles. The minimum absolute atomic E-state index is 0.162. The van der Waals surface area contributed by atoms with E-state index in [1.54, 1.807) is 38.2 Å². The monoisotopic (exact) mass is 325 g/mol. The molecule has 7 nitrogen and oxygen atoms in total. The predicted molar refractivity (Wildman–Crippen MR) is 89.3 cm³/mol. The van der Waals surface area contributed by atoms with Gasteiger partial charge in [0.2, 0.25) is 5.91 Å². The van der Waals surface area contributed by atoms with Gasteiger partial charge in [-0.25, -0.2) is 0 Å². The Balaban J connectivity index is 1.78. The van der Waals surface area contributed by atoms with Crippen molar-refractivity contribution in [2.75, 3.05) is 11.9 Å². The van der Waals surface area contributed by atoms with E-state index < -0.39 is 0 Å². The van der Waals surface area contributed by atoms with E-state index in [1.165, 1.54) is 4.68 Å². The van der Waals surface area contributed by atoms with Crippen molar-refractivity contribution in [3.05, 3.63) is 47.2 Å². The summed E-state index contributed by atoms with van der Waals surface area (Å²) >= 11 is 0. The summed E-state index contributed by atoms with van der Waals surface area (Å²) in [6.45, 7) is 2.12. The normalized spacial score (nSPS) is 10.0. The second-order valence-electron chi connectivity index (χ2n) is 5.32. The van der Waals surface area contributed by atoms with Crippen LogP contribution in [0.15, 0.2) is 30.3 Å². The van der Waals surface area contributed by atoms with Crippen LogP contribution in [0.25, 0.3) is 0 Å². The SMILES string of the molecule is Cc1nn(C)c(NC(=O)CCCNC(=O)c2ccccc2)c1C#N. The smallest absolute Gasteiger partial charge is 0.251 e. The zero-order valence-corrected chi connectivity index (χ0v) is 13.7. The minimum Gasteiger partial charge on any atom is -0.352 e. The van der Waals surface area contributed by atoms with Gasteiger partial charge in [0.15, 0.2) is 0 Å². The van der Waals surface area contributed by atoms with E-state index in [2.05, 4.69) is 15.7 Å². The molecule has 0 unspecified atom stereocenters. The lowest BCUT2D eigenvalue weighted by atomic mass is 10.2. The van der Waals surface area contributed by atoms with Gasteiger partial charge in [-0.1, -0.05) is 18.2 Å². The quantitative estimate of drug-likeness (QED) is 0.790. The van der Waals surface area contributed by atoms with Crippen LogP contribution in [-0.4, -0.2) is 28.1 Å². The molecular weight excluding hydrogens is 306 g/mol. The lowest BCUT2D eigenvalue weighted by molar-refractivity contribution is -0.116. The summed E-state index contributed by atoms with van der Waals surface area (Å²) in [5.74, 6) is 0.0156. The Morgan fingerprint density at radius 2 is 2.00 bits per heavy atom. The molecule has 2 amide bonds. The average molecular weight is 325 g/mol. The van der Waals surface area contributed by atoms with Gasteiger partial charge in [-0.05, 0) is 25.5 Å². The molecule has 0 fully saturated rings. The molecule has 24 heavy (non-hydrogen) atoms. The molecule has 0 aliphatic carbocycles. The molecule has 0 atom stereocenters. The standard InChI is InChI=1S/C17H19N5O2/c1-12-14(11-18)16(22(2)21-12)20-15(23)9-6-10-19-17(24)13-7-4-3-5-8-13/h3-5,7-8H,6,9-10H2,1-2H3,(H,19,24)(H,20,23). The Morgan fingerprint density at radius 3 is 2.67 bits per heavy atom. The van der Waals surface area contributed by atoms with Gasteiger partial charge in [0.1, 0.15) is 17.5 Å². The second-order valence-corrected chi connectivity index (χ2v) is 5.32. The van der Waals surface area contributed by atoms with E-state index in [9.17, 15) is 9.59 Å². The highest BCUT2D eigenvalue weighted by Crippen LogP contribution is 2.17. The molecule has 0 saturated heterocycles. The van der Waals surface area contributed by atoms with Crippen molar-refractivity contribution >= 4 is 17.6 Å². The number of nitrogens with zero attached hydrogens (tertiary/aromatic N) is 3. The van der Waals surface area contributed by atoms with Crippen LogP contribution in [0.3, 0.4) is 0 Å². The zero-order valence-electron chi connectivity index (χ0n) is 13.7. The molecule has 1 heterocycles. The summed E-state index contributed by atoms with van der Waals surface area (Å²) in [5.41, 5.74) is 1.53. The summed E-state index contributed by atoms with van der Waals surface area (Å²) < 4.78 is 1.48. The van der Waals surface area contributed by atoms with E-state index in [0.29, 0.717) is 35.6 Å². The first-order valence-electron chi connectivity index (χ1n) is 7.59. The number of nitriles is 1. The van der Waals surface area contributed by atoms with Gasteiger partial charge in [-0.3, -0.25) is 14.3 Å². The summed E-state index contributed by atoms with van der Waals surface area (Å²) in [4.78, 5) is 23.8. The number of nitrogens with one attached hydrogen (secondary N) is 2. The van der Waals surface area contributed by atoms with Crippen LogP contribution in [-0.2, 0) is 11.8 Å². The van der Waals surface area contributed by atoms with Crippen LogP contribution in [0, 0.1) is 18.3 Å². The molecule has 7 heteroatoms. The zero-order chi connectivity index (χ0) is 17.5. The number of anilines is 1. The molecule has 0 aliphatic rings. The van der Waals surface area contributed by atoms with Crippen LogP contribution in [0.4, 0.5) is 5.82 Å². The maximum atomic E-state index is 12.0. The van der Waals surface area contributed by atoms with E-state index in [-0.39, 0.29) is 18.2 Å². The molecule has 2 aromatic rings. The highest BCUT2D eigenvalue weighted by molar-refractivity contribution is 5.94. The maximum absolute atomic E-state index is 12.0. The van der Waals surface area contributed by atoms with E-state index in [1.807, 2.05) is 12.1 Å². The molecule has 2 N–H and O–H groups in total. The number of benzene rings is 1. The Morgan fingerprint density at radius 1 is 1.29 bits per heavy atom. The molecule has 0 radical (unpaired) electrons. The Bertz CT molecular complexity index is 774. The lowest BCUT2D eigenvalue weighted by Gasteiger charge is -2.07. The van der Waals surface area contributed by atoms with E-state index >= 15 is 0 Å². The molecule has 0 spiro atoms. The summed E-state index contributed by atoms with van der Waals surface area (Å²) in [6.07, 6.45) is 0.743. The van der Waals surface area contributed by atoms with Gasteiger partial charge in [0.05, 0.1) is 5.69 Å². The highest BCUT2D eigenvalue weighted by atomic mass is 16.2. The molecule has 1 aromatic carbocycles. The van der Waals surface area contributed by atoms with Crippen LogP contribution in [0.2, 0.25) is 0 Å². The van der Waals surface area contributed by atoms with E-state index in [0.717, 1.165) is 0 Å². The third-order valence-electron chi connectivity index (χ3n) is 3.49. The minimum atomic E-state index is -0.219. The highest BCUT2D eigenvalue weighted by Gasteiger charge is 2.15. The number of carbonyl (C=O) groups excluding carboxylic acids is 2. The predicted octanol–water partition coefficient (Wildman–Crippen LogP) is 1.75. The number of rotatable bonds is 6. The number of carbonyl (C=O) groups is 2. The molecule has 2 rings (SSSR count). The van der Waals surface area contributed by atoms with Crippen LogP contribution in [0.1, 0.15) is 34.5 Å². The first-order chi connectivity index (χ1) is 11.5. The van der Waals surface area contributed by atoms with Crippen molar-refractivity contribution in [1.82, 2.24) is 15.1 Å². The van der Waals surface area contributed by atoms with Crippen LogP contribution < -0.4 is 10.6 Å². The van der Waals surface area contributed by atoms with Crippen molar-refractivity contribution in [2.24, 2.45) is 7.05 Å². The number of aryl methyl sites for hydroxylation is 2. The van der Waals surface area contributed by atoms with Crippen molar-refractivity contribution < 1.29 is 9.59 Å². The third kappa shape index (κ3) is 4.20. The number of hydrogen-bond acceptors (Lipinski definition) is 4. The van der Waals surface area contributed by atoms with Gasteiger partial charge in [0.25, 0.3) is 5.91 Å². The fourth-order valence-electron chi connectivity index (χ4n) is 2.27. The Hall–Kier alpha value is -3.14. The third-order valence-corrected chi connectivity index (χ3v) is 3.49. The molecule has 0 saturated carbocycles. The Kier molecular flexibility index (Phi) is 5.68. The van der Waals surface area contributed by atoms with Gasteiger partial charge in [-0.15, -0.1) is 0 Å². The fourth-order valence-corrected chi connectivity index (χ4v) is 2.27. The van der Waals surface area contributed by atoms with Gasteiger partial charge in [0, 0.05) is 25.6 Å². The topological polar surface area (TPSA) is 99.8 Å². The summed E-state index contributed by atoms with van der Waals surface area (Å²) in [7, 11) is 1.67. The number of amides is 2. The molecule has 0 bridgehead atoms. The van der Waals surface area contributed by atoms with Crippen LogP contribution >= 0.6 is 0 Å². The fraction of sp³-hybridized carbons (Fsp3) is 0.294. The van der Waals surface area contributed by atoms with Crippen molar-refractivity contribution in [3.63, 3.8) is 0 Å². The Labute approximate surface area is 140 Å². The maximum Gasteiger partial charge on any atom is 0.251 e. The molecular formula is C17H19N5O2. The summed E-state index contributed by atoms with van der Waals surface area (Å²) in [6, 6.07) is 10.9. The number of aromatic nitrogens is 2. The second kappa shape index (κ2) is 7.92. The van der Waals surface area contributed by atoms with Gasteiger partial charge in [-0.2, -0.15) is 10.4 Å². The van der Waals surface area contributed by atoms with Gasteiger partial charge >= 0.3 is 0 Å². The average Bonchev–Trinajstić information content (AvgIpc) is 2.85. The number of hydrogen-bond donors (Lipinski definition) is 2. The van der Waals surface area contributed by atoms with Crippen LogP contribution in [0.5, 0.6) is 0 Å². The first-order valence-corrected chi connectivity index (χ1v) is 7.59. The van der Waals surface area contributed by atoms with Crippen molar-refractivity contribution in [3.8, 4) is 6.07 Å². The van der Waals surface area contributed by atoms with Crippen molar-refractivity contribution in [2.45, 2.75) is 19.8 Å². The summed E-state index contributed by atoms with van der Waals surface area (Å²) in [5, 5.41) is 18.7. The molecule has 124 valence electrons. The van der Waals surface area contributed by atoms with Gasteiger partial charge < -0.3 is 10.6 Å². The first kappa shape index (κ1) is 17.2. The molecule has 1 aromatic heterocycles. The van der Waals surface area contributed by atoms with Crippen molar-refractivity contribution in [1.29, 1.82) is 5.26 Å². The lowest BCUT2D eigenvalue weighted by Crippen LogP contribution is -2.25. The van der Waals surface area contributed by atoms with E-state index in [4.69, 9.17) is 5.26 Å². The largest absolute Gasteiger partial charge is 0.352 e.